The van der Waals surface area contributed by atoms with E-state index in [4.69, 9.17) is 14.3 Å². The lowest BCUT2D eigenvalue weighted by Gasteiger charge is -2.10. The Bertz CT molecular complexity index is 1450. The van der Waals surface area contributed by atoms with Crippen molar-refractivity contribution in [1.29, 1.82) is 0 Å². The molecule has 11 heteroatoms. The zero-order chi connectivity index (χ0) is 24.5. The number of aromatic nitrogens is 3. The molecule has 34 heavy (non-hydrogen) atoms. The smallest absolute Gasteiger partial charge is 0.374 e. The molecule has 0 saturated heterocycles. The minimum Gasteiger partial charge on any atom is -0.452 e. The number of rotatable bonds is 8. The number of benzene rings is 1. The summed E-state index contributed by atoms with van der Waals surface area (Å²) in [4.78, 5) is 25.1. The van der Waals surface area contributed by atoms with Crippen LogP contribution in [0.25, 0.3) is 5.69 Å². The molecule has 0 unspecified atom stereocenters. The number of hydrogen-bond donors (Lipinski definition) is 1. The summed E-state index contributed by atoms with van der Waals surface area (Å²) in [7, 11) is -3.80. The molecular formula is C23H22N4O6S. The van der Waals surface area contributed by atoms with E-state index in [1.165, 1.54) is 18.2 Å². The number of aryl methyl sites for hydroxylation is 1. The zero-order valence-electron chi connectivity index (χ0n) is 18.5. The van der Waals surface area contributed by atoms with Crippen LogP contribution in [0.15, 0.2) is 70.2 Å². The van der Waals surface area contributed by atoms with Crippen LogP contribution in [0.3, 0.4) is 0 Å². The molecule has 4 aromatic rings. The van der Waals surface area contributed by atoms with Gasteiger partial charge >= 0.3 is 5.97 Å². The first-order chi connectivity index (χ1) is 16.1. The van der Waals surface area contributed by atoms with Crippen molar-refractivity contribution in [2.75, 3.05) is 6.61 Å². The van der Waals surface area contributed by atoms with Crippen molar-refractivity contribution in [3.05, 3.63) is 89.4 Å². The standard InChI is InChI=1S/C23H22N4O6S/c1-15-12-20(16(2)27(15)17-4-7-19(8-5-17)34(24,30)31)21(28)14-32-23(29)22-9-6-18(33-22)13-26-11-3-10-25-26/h3-12H,13-14H2,1-2H3,(H2,24,30,31). The molecule has 4 rings (SSSR count). The van der Waals surface area contributed by atoms with Crippen LogP contribution in [0, 0.1) is 13.8 Å². The van der Waals surface area contributed by atoms with E-state index in [2.05, 4.69) is 5.10 Å². The highest BCUT2D eigenvalue weighted by molar-refractivity contribution is 7.89. The van der Waals surface area contributed by atoms with E-state index in [9.17, 15) is 18.0 Å². The van der Waals surface area contributed by atoms with E-state index in [1.54, 1.807) is 58.9 Å². The van der Waals surface area contributed by atoms with Crippen LogP contribution < -0.4 is 5.14 Å². The molecule has 176 valence electrons. The molecule has 3 aromatic heterocycles. The summed E-state index contributed by atoms with van der Waals surface area (Å²) >= 11 is 0. The molecule has 0 aliphatic heterocycles. The van der Waals surface area contributed by atoms with Crippen molar-refractivity contribution in [2.45, 2.75) is 25.3 Å². The molecule has 0 bridgehead atoms. The van der Waals surface area contributed by atoms with Gasteiger partial charge in [-0.25, -0.2) is 18.4 Å². The SMILES string of the molecule is Cc1cc(C(=O)COC(=O)c2ccc(Cn3cccn3)o2)c(C)n1-c1ccc(S(N)(=O)=O)cc1. The lowest BCUT2D eigenvalue weighted by Crippen LogP contribution is -2.15. The number of ketones is 1. The minimum absolute atomic E-state index is 0.00428. The van der Waals surface area contributed by atoms with Crippen LogP contribution in [0.5, 0.6) is 0 Å². The molecule has 0 spiro atoms. The summed E-state index contributed by atoms with van der Waals surface area (Å²) in [5, 5.41) is 9.22. The third-order valence-electron chi connectivity index (χ3n) is 5.23. The van der Waals surface area contributed by atoms with Crippen LogP contribution in [-0.4, -0.2) is 41.1 Å². The average Bonchev–Trinajstić information content (AvgIpc) is 3.53. The highest BCUT2D eigenvalue weighted by atomic mass is 32.2. The van der Waals surface area contributed by atoms with Gasteiger partial charge in [0.15, 0.2) is 6.61 Å². The predicted molar refractivity (Wildman–Crippen MR) is 121 cm³/mol. The summed E-state index contributed by atoms with van der Waals surface area (Å²) in [6, 6.07) is 12.6. The molecule has 3 heterocycles. The molecule has 0 aliphatic rings. The van der Waals surface area contributed by atoms with Crippen LogP contribution in [0.2, 0.25) is 0 Å². The van der Waals surface area contributed by atoms with Gasteiger partial charge < -0.3 is 13.7 Å². The van der Waals surface area contributed by atoms with Gasteiger partial charge in [-0.05, 0) is 62.4 Å². The number of nitrogens with two attached hydrogens (primary N) is 1. The summed E-state index contributed by atoms with van der Waals surface area (Å²) in [6.07, 6.45) is 3.41. The van der Waals surface area contributed by atoms with Gasteiger partial charge in [-0.2, -0.15) is 5.10 Å². The van der Waals surface area contributed by atoms with Crippen LogP contribution in [0.4, 0.5) is 0 Å². The van der Waals surface area contributed by atoms with Crippen LogP contribution in [0.1, 0.15) is 38.1 Å². The Morgan fingerprint density at radius 3 is 2.50 bits per heavy atom. The van der Waals surface area contributed by atoms with Gasteiger partial charge in [0.05, 0.1) is 11.4 Å². The predicted octanol–water partition coefficient (Wildman–Crippen LogP) is 2.62. The van der Waals surface area contributed by atoms with Gasteiger partial charge in [0.2, 0.25) is 21.6 Å². The van der Waals surface area contributed by atoms with Gasteiger partial charge in [-0.3, -0.25) is 9.48 Å². The van der Waals surface area contributed by atoms with Crippen molar-refractivity contribution in [1.82, 2.24) is 14.3 Å². The molecule has 0 aliphatic carbocycles. The summed E-state index contributed by atoms with van der Waals surface area (Å²) in [5.74, 6) is -0.598. The maximum Gasteiger partial charge on any atom is 0.374 e. The zero-order valence-corrected chi connectivity index (χ0v) is 19.3. The quantitative estimate of drug-likeness (QED) is 0.301. The Labute approximate surface area is 195 Å². The Balaban J connectivity index is 1.44. The molecular weight excluding hydrogens is 460 g/mol. The molecule has 1 aromatic carbocycles. The number of hydrogen-bond acceptors (Lipinski definition) is 7. The normalized spacial score (nSPS) is 11.5. The number of sulfonamides is 1. The summed E-state index contributed by atoms with van der Waals surface area (Å²) in [6.45, 7) is 3.48. The Morgan fingerprint density at radius 2 is 1.85 bits per heavy atom. The van der Waals surface area contributed by atoms with Crippen molar-refractivity contribution >= 4 is 21.8 Å². The van der Waals surface area contributed by atoms with Crippen molar-refractivity contribution < 1.29 is 27.2 Å². The minimum atomic E-state index is -3.80. The van der Waals surface area contributed by atoms with Crippen LogP contribution in [-0.2, 0) is 21.3 Å². The first-order valence-corrected chi connectivity index (χ1v) is 11.8. The Kier molecular flexibility index (Phi) is 6.22. The van der Waals surface area contributed by atoms with Crippen molar-refractivity contribution in [2.24, 2.45) is 5.14 Å². The van der Waals surface area contributed by atoms with Gasteiger partial charge in [-0.1, -0.05) is 0 Å². The van der Waals surface area contributed by atoms with E-state index in [0.29, 0.717) is 29.2 Å². The fourth-order valence-corrected chi connectivity index (χ4v) is 4.15. The number of esters is 1. The van der Waals surface area contributed by atoms with Gasteiger partial charge in [0.1, 0.15) is 5.76 Å². The number of nitrogens with zero attached hydrogens (tertiary/aromatic N) is 3. The molecule has 0 amide bonds. The third-order valence-corrected chi connectivity index (χ3v) is 6.16. The first kappa shape index (κ1) is 23.2. The van der Waals surface area contributed by atoms with Crippen molar-refractivity contribution in [3.63, 3.8) is 0 Å². The van der Waals surface area contributed by atoms with E-state index >= 15 is 0 Å². The highest BCUT2D eigenvalue weighted by Gasteiger charge is 2.20. The fraction of sp³-hybridized carbons (Fsp3) is 0.174. The maximum atomic E-state index is 12.8. The lowest BCUT2D eigenvalue weighted by molar-refractivity contribution is 0.0442. The van der Waals surface area contributed by atoms with Gasteiger partial charge in [-0.15, -0.1) is 0 Å². The number of primary sulfonamides is 1. The molecule has 0 atom stereocenters. The summed E-state index contributed by atoms with van der Waals surface area (Å²) < 4.78 is 37.1. The van der Waals surface area contributed by atoms with Gasteiger partial charge in [0.25, 0.3) is 0 Å². The lowest BCUT2D eigenvalue weighted by atomic mass is 10.1. The molecule has 10 nitrogen and oxygen atoms in total. The highest BCUT2D eigenvalue weighted by Crippen LogP contribution is 2.22. The average molecular weight is 483 g/mol. The maximum absolute atomic E-state index is 12.8. The number of carbonyl (C=O) groups excluding carboxylic acids is 2. The molecule has 0 fully saturated rings. The second-order valence-electron chi connectivity index (χ2n) is 7.63. The monoisotopic (exact) mass is 482 g/mol. The Hall–Kier alpha value is -3.96. The Morgan fingerprint density at radius 1 is 1.12 bits per heavy atom. The second kappa shape index (κ2) is 9.12. The van der Waals surface area contributed by atoms with E-state index in [-0.39, 0.29) is 16.4 Å². The summed E-state index contributed by atoms with van der Waals surface area (Å²) in [5.41, 5.74) is 2.43. The number of ether oxygens (including phenoxy) is 1. The first-order valence-electron chi connectivity index (χ1n) is 10.2. The number of furan rings is 1. The largest absolute Gasteiger partial charge is 0.452 e. The third kappa shape index (κ3) is 4.85. The van der Waals surface area contributed by atoms with Crippen molar-refractivity contribution in [3.8, 4) is 5.69 Å². The van der Waals surface area contributed by atoms with E-state index in [1.807, 2.05) is 6.92 Å². The number of Topliss-reactive ketones (excluding diaryl/α,β-unsaturated/α-hetero) is 1. The topological polar surface area (TPSA) is 139 Å². The van der Waals surface area contributed by atoms with E-state index < -0.39 is 22.6 Å². The second-order valence-corrected chi connectivity index (χ2v) is 9.19. The van der Waals surface area contributed by atoms with Crippen LogP contribution >= 0.6 is 0 Å². The van der Waals surface area contributed by atoms with E-state index in [0.717, 1.165) is 5.69 Å². The molecule has 0 radical (unpaired) electrons. The molecule has 2 N–H and O–H groups in total. The molecule has 0 saturated carbocycles. The fourth-order valence-electron chi connectivity index (χ4n) is 3.63. The number of carbonyl (C=O) groups is 2. The van der Waals surface area contributed by atoms with Gasteiger partial charge in [0, 0.05) is 35.0 Å².